The van der Waals surface area contributed by atoms with Gasteiger partial charge in [0.05, 0.1) is 4.88 Å². The molecule has 0 unspecified atom stereocenters. The van der Waals surface area contributed by atoms with Crippen molar-refractivity contribution >= 4 is 23.3 Å². The van der Waals surface area contributed by atoms with E-state index in [0.29, 0.717) is 26.2 Å². The number of ether oxygens (including phenoxy) is 1. The van der Waals surface area contributed by atoms with E-state index >= 15 is 0 Å². The van der Waals surface area contributed by atoms with Crippen molar-refractivity contribution in [1.82, 2.24) is 9.80 Å². The van der Waals surface area contributed by atoms with E-state index in [4.69, 9.17) is 4.74 Å². The molecular weight excluding hydrogens is 324 g/mol. The van der Waals surface area contributed by atoms with Crippen LogP contribution in [-0.4, -0.2) is 48.0 Å². The monoisotopic (exact) mass is 344 g/mol. The number of hydrogen-bond acceptors (Lipinski definition) is 4. The fraction of sp³-hybridized carbons (Fsp3) is 0.333. The Hall–Kier alpha value is -2.34. The van der Waals surface area contributed by atoms with Gasteiger partial charge in [-0.05, 0) is 23.4 Å². The first-order valence-corrected chi connectivity index (χ1v) is 8.90. The van der Waals surface area contributed by atoms with Crippen LogP contribution in [0, 0.1) is 0 Å². The van der Waals surface area contributed by atoms with Crippen LogP contribution in [0.2, 0.25) is 0 Å². The normalized spacial score (nSPS) is 15.0. The molecule has 1 aromatic heterocycles. The molecule has 1 saturated heterocycles. The molecule has 0 spiro atoms. The number of hydrogen-bond donors (Lipinski definition) is 0. The first kappa shape index (κ1) is 16.5. The second-order valence-electron chi connectivity index (χ2n) is 5.65. The van der Waals surface area contributed by atoms with Gasteiger partial charge in [-0.25, -0.2) is 4.79 Å². The summed E-state index contributed by atoms with van der Waals surface area (Å²) >= 11 is 1.45. The molecule has 126 valence electrons. The highest BCUT2D eigenvalue weighted by Crippen LogP contribution is 2.14. The molecule has 2 aromatic rings. The highest BCUT2D eigenvalue weighted by molar-refractivity contribution is 7.12. The van der Waals surface area contributed by atoms with Crippen molar-refractivity contribution in [2.24, 2.45) is 0 Å². The topological polar surface area (TPSA) is 49.9 Å². The highest BCUT2D eigenvalue weighted by Gasteiger charge is 2.23. The van der Waals surface area contributed by atoms with Gasteiger partial charge in [-0.15, -0.1) is 11.3 Å². The Morgan fingerprint density at radius 1 is 0.958 bits per heavy atom. The molecule has 1 aliphatic rings. The lowest BCUT2D eigenvalue weighted by molar-refractivity contribution is 0.0753. The lowest BCUT2D eigenvalue weighted by Crippen LogP contribution is -2.37. The minimum absolute atomic E-state index is 0.0458. The Kier molecular flexibility index (Phi) is 5.48. The van der Waals surface area contributed by atoms with Crippen LogP contribution in [0.25, 0.3) is 0 Å². The fourth-order valence-corrected chi connectivity index (χ4v) is 3.36. The van der Waals surface area contributed by atoms with Gasteiger partial charge in [0.15, 0.2) is 0 Å². The smallest absolute Gasteiger partial charge is 0.410 e. The summed E-state index contributed by atoms with van der Waals surface area (Å²) in [6, 6.07) is 13.3. The molecule has 0 aliphatic carbocycles. The summed E-state index contributed by atoms with van der Waals surface area (Å²) < 4.78 is 5.38. The summed E-state index contributed by atoms with van der Waals surface area (Å²) in [5.74, 6) is 0.0458. The molecule has 0 atom stereocenters. The third kappa shape index (κ3) is 4.14. The maximum atomic E-state index is 12.4. The van der Waals surface area contributed by atoms with Gasteiger partial charge in [-0.1, -0.05) is 36.4 Å². The molecule has 2 heterocycles. The van der Waals surface area contributed by atoms with Crippen LogP contribution in [0.15, 0.2) is 47.8 Å². The van der Waals surface area contributed by atoms with Crippen molar-refractivity contribution in [2.45, 2.75) is 13.0 Å². The van der Waals surface area contributed by atoms with Gasteiger partial charge >= 0.3 is 6.09 Å². The number of amides is 2. The molecule has 3 rings (SSSR count). The summed E-state index contributed by atoms with van der Waals surface area (Å²) in [6.07, 6.45) is 0.446. The number of thiophene rings is 1. The molecule has 0 saturated carbocycles. The van der Waals surface area contributed by atoms with E-state index in [1.54, 1.807) is 4.90 Å². The van der Waals surface area contributed by atoms with Crippen LogP contribution in [0.4, 0.5) is 4.79 Å². The molecule has 2 amide bonds. The molecule has 5 nitrogen and oxygen atoms in total. The van der Waals surface area contributed by atoms with Gasteiger partial charge in [0.1, 0.15) is 6.61 Å². The van der Waals surface area contributed by atoms with Crippen LogP contribution in [0.5, 0.6) is 0 Å². The Morgan fingerprint density at radius 2 is 1.71 bits per heavy atom. The molecular formula is C18H20N2O3S. The van der Waals surface area contributed by atoms with Gasteiger partial charge in [-0.3, -0.25) is 4.79 Å². The van der Waals surface area contributed by atoms with Gasteiger partial charge in [-0.2, -0.15) is 0 Å². The zero-order valence-electron chi connectivity index (χ0n) is 13.4. The number of carbonyl (C=O) groups excluding carboxylic acids is 2. The number of rotatable bonds is 3. The Morgan fingerprint density at radius 3 is 2.46 bits per heavy atom. The van der Waals surface area contributed by atoms with E-state index in [1.807, 2.05) is 52.7 Å². The number of nitrogens with zero attached hydrogens (tertiary/aromatic N) is 2. The van der Waals surface area contributed by atoms with Gasteiger partial charge < -0.3 is 14.5 Å². The standard InChI is InChI=1S/C18H20N2O3S/c21-17(16-8-4-13-24-16)19-9-5-10-20(12-11-19)18(22)23-14-15-6-2-1-3-7-15/h1-4,6-8,13H,5,9-12,14H2. The first-order chi connectivity index (χ1) is 11.7. The van der Waals surface area contributed by atoms with Crippen LogP contribution in [-0.2, 0) is 11.3 Å². The first-order valence-electron chi connectivity index (χ1n) is 8.02. The number of carbonyl (C=O) groups is 2. The second kappa shape index (κ2) is 7.97. The zero-order chi connectivity index (χ0) is 16.8. The molecule has 0 N–H and O–H groups in total. The van der Waals surface area contributed by atoms with Crippen molar-refractivity contribution in [3.05, 3.63) is 58.3 Å². The summed E-state index contributed by atoms with van der Waals surface area (Å²) in [5, 5.41) is 1.90. The van der Waals surface area contributed by atoms with Crippen LogP contribution >= 0.6 is 11.3 Å². The maximum Gasteiger partial charge on any atom is 0.410 e. The third-order valence-corrected chi connectivity index (χ3v) is 4.84. The predicted octanol–water partition coefficient (Wildman–Crippen LogP) is 3.23. The van der Waals surface area contributed by atoms with Crippen molar-refractivity contribution in [1.29, 1.82) is 0 Å². The molecule has 1 aromatic carbocycles. The maximum absolute atomic E-state index is 12.4. The molecule has 0 radical (unpaired) electrons. The van der Waals surface area contributed by atoms with Crippen LogP contribution in [0.3, 0.4) is 0 Å². The van der Waals surface area contributed by atoms with Crippen molar-refractivity contribution in [3.63, 3.8) is 0 Å². The molecule has 6 heteroatoms. The van der Waals surface area contributed by atoms with E-state index in [9.17, 15) is 9.59 Å². The molecule has 24 heavy (non-hydrogen) atoms. The van der Waals surface area contributed by atoms with Gasteiger partial charge in [0.2, 0.25) is 0 Å². The van der Waals surface area contributed by atoms with Crippen molar-refractivity contribution in [2.75, 3.05) is 26.2 Å². The molecule has 0 bridgehead atoms. The van der Waals surface area contributed by atoms with Gasteiger partial charge in [0, 0.05) is 26.2 Å². The minimum Gasteiger partial charge on any atom is -0.445 e. The van der Waals surface area contributed by atoms with Crippen molar-refractivity contribution in [3.8, 4) is 0 Å². The van der Waals surface area contributed by atoms with E-state index in [1.165, 1.54) is 11.3 Å². The summed E-state index contributed by atoms with van der Waals surface area (Å²) in [6.45, 7) is 2.59. The molecule has 1 aliphatic heterocycles. The Bertz CT molecular complexity index is 673. The average molecular weight is 344 g/mol. The SMILES string of the molecule is O=C(OCc1ccccc1)N1CCCN(C(=O)c2cccs2)CC1. The third-order valence-electron chi connectivity index (χ3n) is 3.98. The van der Waals surface area contributed by atoms with E-state index < -0.39 is 0 Å². The van der Waals surface area contributed by atoms with Crippen LogP contribution in [0.1, 0.15) is 21.7 Å². The van der Waals surface area contributed by atoms with Crippen molar-refractivity contribution < 1.29 is 14.3 Å². The highest BCUT2D eigenvalue weighted by atomic mass is 32.1. The summed E-state index contributed by atoms with van der Waals surface area (Å²) in [7, 11) is 0. The summed E-state index contributed by atoms with van der Waals surface area (Å²) in [5.41, 5.74) is 0.968. The van der Waals surface area contributed by atoms with E-state index in [2.05, 4.69) is 0 Å². The molecule has 1 fully saturated rings. The average Bonchev–Trinajstić information content (AvgIpc) is 3.04. The Balaban J connectivity index is 1.51. The van der Waals surface area contributed by atoms with Gasteiger partial charge in [0.25, 0.3) is 5.91 Å². The van der Waals surface area contributed by atoms with E-state index in [-0.39, 0.29) is 18.6 Å². The fourth-order valence-electron chi connectivity index (χ4n) is 2.67. The summed E-state index contributed by atoms with van der Waals surface area (Å²) in [4.78, 5) is 28.9. The lowest BCUT2D eigenvalue weighted by Gasteiger charge is -2.21. The van der Waals surface area contributed by atoms with E-state index in [0.717, 1.165) is 16.9 Å². The second-order valence-corrected chi connectivity index (χ2v) is 6.60. The number of benzene rings is 1. The zero-order valence-corrected chi connectivity index (χ0v) is 14.2. The largest absolute Gasteiger partial charge is 0.445 e. The quantitative estimate of drug-likeness (QED) is 0.859. The van der Waals surface area contributed by atoms with Crippen LogP contribution < -0.4 is 0 Å². The predicted molar refractivity (Wildman–Crippen MR) is 93.0 cm³/mol. The minimum atomic E-state index is -0.315. The lowest BCUT2D eigenvalue weighted by atomic mass is 10.2. The Labute approximate surface area is 145 Å².